The molecule has 3 rings (SSSR count). The lowest BCUT2D eigenvalue weighted by atomic mass is 10.0. The lowest BCUT2D eigenvalue weighted by Gasteiger charge is -2.12. The fourth-order valence-corrected chi connectivity index (χ4v) is 2.93. The Morgan fingerprint density at radius 3 is 2.28 bits per heavy atom. The summed E-state index contributed by atoms with van der Waals surface area (Å²) in [5.74, 6) is -0.954. The maximum atomic E-state index is 12.5. The van der Waals surface area contributed by atoms with Gasteiger partial charge in [-0.3, -0.25) is 25.2 Å². The summed E-state index contributed by atoms with van der Waals surface area (Å²) in [6, 6.07) is 16.3. The molecule has 6 nitrogen and oxygen atoms in total. The zero-order valence-corrected chi connectivity index (χ0v) is 16.4. The van der Waals surface area contributed by atoms with Crippen molar-refractivity contribution < 1.29 is 14.4 Å². The molecule has 2 N–H and O–H groups in total. The SMILES string of the molecule is Cc1ccc(C(=O)CCC(=O)NNC(=O)c2ccccc2-n2cccc2)cc1C. The standard InChI is InChI=1S/C23H23N3O3/c1-16-9-10-18(15-17(16)2)21(27)11-12-22(28)24-25-23(29)19-7-3-4-8-20(19)26-13-5-6-14-26/h3-10,13-15H,11-12H2,1-2H3,(H,24,28)(H,25,29). The summed E-state index contributed by atoms with van der Waals surface area (Å²) in [5, 5.41) is 0. The molecule has 0 radical (unpaired) electrons. The highest BCUT2D eigenvalue weighted by Crippen LogP contribution is 2.15. The number of aryl methyl sites for hydroxylation is 2. The van der Waals surface area contributed by atoms with Crippen molar-refractivity contribution in [3.05, 3.63) is 89.2 Å². The summed E-state index contributed by atoms with van der Waals surface area (Å²) >= 11 is 0. The van der Waals surface area contributed by atoms with E-state index in [9.17, 15) is 14.4 Å². The number of benzene rings is 2. The van der Waals surface area contributed by atoms with E-state index in [1.54, 1.807) is 18.2 Å². The van der Waals surface area contributed by atoms with Crippen LogP contribution in [0.2, 0.25) is 0 Å². The lowest BCUT2D eigenvalue weighted by Crippen LogP contribution is -2.42. The lowest BCUT2D eigenvalue weighted by molar-refractivity contribution is -0.121. The van der Waals surface area contributed by atoms with Crippen LogP contribution in [0.5, 0.6) is 0 Å². The van der Waals surface area contributed by atoms with Crippen LogP contribution < -0.4 is 10.9 Å². The van der Waals surface area contributed by atoms with Gasteiger partial charge < -0.3 is 4.57 Å². The number of hydrogen-bond donors (Lipinski definition) is 2. The van der Waals surface area contributed by atoms with E-state index in [0.717, 1.165) is 11.1 Å². The minimum Gasteiger partial charge on any atom is -0.323 e. The van der Waals surface area contributed by atoms with Crippen LogP contribution >= 0.6 is 0 Å². The predicted molar refractivity (Wildman–Crippen MR) is 111 cm³/mol. The van der Waals surface area contributed by atoms with Crippen LogP contribution in [0, 0.1) is 13.8 Å². The van der Waals surface area contributed by atoms with Gasteiger partial charge in [0.05, 0.1) is 11.3 Å². The number of ketones is 1. The first-order valence-electron chi connectivity index (χ1n) is 9.37. The molecular formula is C23H23N3O3. The van der Waals surface area contributed by atoms with Gasteiger partial charge >= 0.3 is 0 Å². The normalized spacial score (nSPS) is 10.4. The second-order valence-corrected chi connectivity index (χ2v) is 6.83. The number of hydrogen-bond acceptors (Lipinski definition) is 3. The molecule has 148 valence electrons. The minimum absolute atomic E-state index is 0.00865. The number of carbonyl (C=O) groups is 3. The number of para-hydroxylation sites is 1. The molecule has 3 aromatic rings. The molecule has 2 aromatic carbocycles. The maximum Gasteiger partial charge on any atom is 0.271 e. The van der Waals surface area contributed by atoms with E-state index in [2.05, 4.69) is 10.9 Å². The molecule has 0 saturated heterocycles. The number of carbonyl (C=O) groups excluding carboxylic acids is 3. The summed E-state index contributed by atoms with van der Waals surface area (Å²) in [5.41, 5.74) is 8.67. The molecule has 0 spiro atoms. The highest BCUT2D eigenvalue weighted by molar-refractivity contribution is 6.00. The first-order valence-corrected chi connectivity index (χ1v) is 9.37. The Kier molecular flexibility index (Phi) is 6.24. The number of aromatic nitrogens is 1. The van der Waals surface area contributed by atoms with Crippen molar-refractivity contribution in [2.45, 2.75) is 26.7 Å². The zero-order valence-electron chi connectivity index (χ0n) is 16.4. The van der Waals surface area contributed by atoms with E-state index in [4.69, 9.17) is 0 Å². The van der Waals surface area contributed by atoms with Gasteiger partial charge in [-0.25, -0.2) is 0 Å². The number of amides is 2. The van der Waals surface area contributed by atoms with Crippen LogP contribution in [-0.2, 0) is 4.79 Å². The van der Waals surface area contributed by atoms with E-state index in [1.807, 2.05) is 67.2 Å². The first-order chi connectivity index (χ1) is 14.0. The third-order valence-corrected chi connectivity index (χ3v) is 4.75. The molecule has 0 atom stereocenters. The summed E-state index contributed by atoms with van der Waals surface area (Å²) in [7, 11) is 0. The Morgan fingerprint density at radius 2 is 1.55 bits per heavy atom. The molecule has 29 heavy (non-hydrogen) atoms. The van der Waals surface area contributed by atoms with E-state index in [-0.39, 0.29) is 18.6 Å². The largest absolute Gasteiger partial charge is 0.323 e. The quantitative estimate of drug-likeness (QED) is 0.500. The van der Waals surface area contributed by atoms with Crippen molar-refractivity contribution in [3.8, 4) is 5.69 Å². The van der Waals surface area contributed by atoms with Crippen LogP contribution in [0.25, 0.3) is 5.69 Å². The fraction of sp³-hybridized carbons (Fsp3) is 0.174. The van der Waals surface area contributed by atoms with Crippen molar-refractivity contribution >= 4 is 17.6 Å². The highest BCUT2D eigenvalue weighted by Gasteiger charge is 2.14. The smallest absolute Gasteiger partial charge is 0.271 e. The molecule has 0 unspecified atom stereocenters. The summed E-state index contributed by atoms with van der Waals surface area (Å²) < 4.78 is 1.82. The molecule has 0 aliphatic heterocycles. The van der Waals surface area contributed by atoms with Crippen LogP contribution in [-0.4, -0.2) is 22.2 Å². The van der Waals surface area contributed by atoms with Crippen molar-refractivity contribution in [3.63, 3.8) is 0 Å². The Bertz CT molecular complexity index is 1040. The fourth-order valence-electron chi connectivity index (χ4n) is 2.93. The Hall–Kier alpha value is -3.67. The Balaban J connectivity index is 1.54. The molecule has 0 fully saturated rings. The maximum absolute atomic E-state index is 12.5. The van der Waals surface area contributed by atoms with Gasteiger partial charge in [-0.05, 0) is 55.3 Å². The van der Waals surface area contributed by atoms with Gasteiger partial charge in [-0.15, -0.1) is 0 Å². The third-order valence-electron chi connectivity index (χ3n) is 4.75. The van der Waals surface area contributed by atoms with Gasteiger partial charge in [0.25, 0.3) is 5.91 Å². The monoisotopic (exact) mass is 389 g/mol. The topological polar surface area (TPSA) is 80.2 Å². The van der Waals surface area contributed by atoms with E-state index in [0.29, 0.717) is 16.8 Å². The van der Waals surface area contributed by atoms with Crippen LogP contribution in [0.1, 0.15) is 44.7 Å². The van der Waals surface area contributed by atoms with Crippen LogP contribution in [0.15, 0.2) is 67.0 Å². The number of Topliss-reactive ketones (excluding diaryl/α,β-unsaturated/α-hetero) is 1. The second kappa shape index (κ2) is 9.01. The summed E-state index contributed by atoms with van der Waals surface area (Å²) in [6.07, 6.45) is 3.74. The summed E-state index contributed by atoms with van der Waals surface area (Å²) in [4.78, 5) is 36.8. The van der Waals surface area contributed by atoms with Gasteiger partial charge in [0, 0.05) is 30.8 Å². The highest BCUT2D eigenvalue weighted by atomic mass is 16.2. The molecule has 0 aliphatic carbocycles. The van der Waals surface area contributed by atoms with Crippen molar-refractivity contribution in [2.24, 2.45) is 0 Å². The van der Waals surface area contributed by atoms with Gasteiger partial charge in [0.2, 0.25) is 5.91 Å². The van der Waals surface area contributed by atoms with Crippen molar-refractivity contribution in [1.29, 1.82) is 0 Å². The van der Waals surface area contributed by atoms with E-state index in [1.165, 1.54) is 0 Å². The second-order valence-electron chi connectivity index (χ2n) is 6.83. The number of hydrazine groups is 1. The molecule has 0 saturated carbocycles. The third kappa shape index (κ3) is 4.99. The minimum atomic E-state index is -0.428. The van der Waals surface area contributed by atoms with Crippen molar-refractivity contribution in [2.75, 3.05) is 0 Å². The Morgan fingerprint density at radius 1 is 0.828 bits per heavy atom. The van der Waals surface area contributed by atoms with Gasteiger partial charge in [-0.1, -0.05) is 24.3 Å². The predicted octanol–water partition coefficient (Wildman–Crippen LogP) is 3.52. The van der Waals surface area contributed by atoms with E-state index < -0.39 is 11.8 Å². The molecule has 0 bridgehead atoms. The average molecular weight is 389 g/mol. The molecule has 2 amide bonds. The summed E-state index contributed by atoms with van der Waals surface area (Å²) in [6.45, 7) is 3.92. The number of rotatable bonds is 6. The molecule has 0 aliphatic rings. The molecule has 6 heteroatoms. The molecule has 1 heterocycles. The number of nitrogens with zero attached hydrogens (tertiary/aromatic N) is 1. The van der Waals surface area contributed by atoms with Crippen LogP contribution in [0.3, 0.4) is 0 Å². The van der Waals surface area contributed by atoms with Gasteiger partial charge in [0.15, 0.2) is 5.78 Å². The first kappa shape index (κ1) is 20.1. The van der Waals surface area contributed by atoms with Crippen LogP contribution in [0.4, 0.5) is 0 Å². The van der Waals surface area contributed by atoms with Crippen molar-refractivity contribution in [1.82, 2.24) is 15.4 Å². The molecule has 1 aromatic heterocycles. The molecular weight excluding hydrogens is 366 g/mol. The van der Waals surface area contributed by atoms with E-state index >= 15 is 0 Å². The van der Waals surface area contributed by atoms with Gasteiger partial charge in [0.1, 0.15) is 0 Å². The average Bonchev–Trinajstić information content (AvgIpc) is 3.27. The number of nitrogens with one attached hydrogen (secondary N) is 2. The zero-order chi connectivity index (χ0) is 20.8. The Labute approximate surface area is 169 Å². The van der Waals surface area contributed by atoms with Gasteiger partial charge in [-0.2, -0.15) is 0 Å².